The summed E-state index contributed by atoms with van der Waals surface area (Å²) < 4.78 is 0. The Labute approximate surface area is 82.6 Å². The molecular weight excluding hydrogens is 174 g/mol. The van der Waals surface area contributed by atoms with Crippen LogP contribution in [0.5, 0.6) is 0 Å². The highest BCUT2D eigenvalue weighted by molar-refractivity contribution is 5.25. The molecule has 14 heavy (non-hydrogen) atoms. The molecule has 0 aliphatic carbocycles. The smallest absolute Gasteiger partial charge is 0.0843 e. The first-order chi connectivity index (χ1) is 6.88. The molecule has 0 saturated carbocycles. The van der Waals surface area contributed by atoms with Gasteiger partial charge in [0.15, 0.2) is 0 Å². The molecule has 1 heterocycles. The summed E-state index contributed by atoms with van der Waals surface area (Å²) in [5.74, 6) is 0. The topological polar surface area (TPSA) is 51.8 Å². The van der Waals surface area contributed by atoms with Crippen LogP contribution < -0.4 is 5.73 Å². The van der Waals surface area contributed by atoms with E-state index in [4.69, 9.17) is 5.73 Å². The van der Waals surface area contributed by atoms with Gasteiger partial charge in [0.25, 0.3) is 0 Å². The molecular formula is C11H11N3. The van der Waals surface area contributed by atoms with Crippen LogP contribution in [0, 0.1) is 0 Å². The van der Waals surface area contributed by atoms with Crippen molar-refractivity contribution < 1.29 is 0 Å². The molecule has 0 saturated heterocycles. The molecule has 3 heteroatoms. The van der Waals surface area contributed by atoms with Crippen LogP contribution in [0.4, 0.5) is 0 Å². The lowest BCUT2D eigenvalue weighted by atomic mass is 10.1. The number of hydrogen-bond acceptors (Lipinski definition) is 3. The molecule has 1 atom stereocenters. The van der Waals surface area contributed by atoms with Crippen molar-refractivity contribution in [2.24, 2.45) is 5.73 Å². The fourth-order valence-corrected chi connectivity index (χ4v) is 1.31. The van der Waals surface area contributed by atoms with Gasteiger partial charge in [0, 0.05) is 6.20 Å². The molecule has 0 spiro atoms. The Morgan fingerprint density at radius 1 is 1.00 bits per heavy atom. The Balaban J connectivity index is 2.30. The van der Waals surface area contributed by atoms with Gasteiger partial charge < -0.3 is 5.73 Å². The third-order valence-electron chi connectivity index (χ3n) is 2.07. The van der Waals surface area contributed by atoms with Crippen molar-refractivity contribution in [2.75, 3.05) is 0 Å². The lowest BCUT2D eigenvalue weighted by molar-refractivity contribution is 0.791. The average Bonchev–Trinajstić information content (AvgIpc) is 2.30. The van der Waals surface area contributed by atoms with Gasteiger partial charge in [-0.1, -0.05) is 30.3 Å². The summed E-state index contributed by atoms with van der Waals surface area (Å²) in [5, 5.41) is 7.78. The first kappa shape index (κ1) is 8.84. The summed E-state index contributed by atoms with van der Waals surface area (Å²) in [6, 6.07) is 13.4. The van der Waals surface area contributed by atoms with E-state index in [1.54, 1.807) is 6.20 Å². The maximum absolute atomic E-state index is 6.01. The summed E-state index contributed by atoms with van der Waals surface area (Å²) >= 11 is 0. The first-order valence-electron chi connectivity index (χ1n) is 4.46. The van der Waals surface area contributed by atoms with E-state index in [0.717, 1.165) is 11.3 Å². The zero-order chi connectivity index (χ0) is 9.80. The van der Waals surface area contributed by atoms with Crippen molar-refractivity contribution >= 4 is 0 Å². The minimum absolute atomic E-state index is 0.190. The van der Waals surface area contributed by atoms with Gasteiger partial charge in [-0.2, -0.15) is 10.2 Å². The number of nitrogens with two attached hydrogens (primary N) is 1. The minimum atomic E-state index is -0.190. The highest BCUT2D eigenvalue weighted by Gasteiger charge is 2.08. The Hall–Kier alpha value is -1.74. The molecule has 0 radical (unpaired) electrons. The predicted molar refractivity (Wildman–Crippen MR) is 54.5 cm³/mol. The van der Waals surface area contributed by atoms with Gasteiger partial charge in [-0.05, 0) is 17.7 Å². The molecule has 0 aliphatic rings. The lowest BCUT2D eigenvalue weighted by Gasteiger charge is -2.09. The summed E-state index contributed by atoms with van der Waals surface area (Å²) in [5.41, 5.74) is 7.85. The van der Waals surface area contributed by atoms with Crippen molar-refractivity contribution in [2.45, 2.75) is 6.04 Å². The van der Waals surface area contributed by atoms with Crippen LogP contribution in [0.25, 0.3) is 0 Å². The number of nitrogens with zero attached hydrogens (tertiary/aromatic N) is 2. The van der Waals surface area contributed by atoms with Crippen molar-refractivity contribution in [3.63, 3.8) is 0 Å². The van der Waals surface area contributed by atoms with Crippen LogP contribution in [0.15, 0.2) is 48.7 Å². The summed E-state index contributed by atoms with van der Waals surface area (Å²) in [6.45, 7) is 0. The maximum Gasteiger partial charge on any atom is 0.0843 e. The molecule has 70 valence electrons. The van der Waals surface area contributed by atoms with E-state index in [0.29, 0.717) is 0 Å². The third-order valence-corrected chi connectivity index (χ3v) is 2.07. The molecule has 0 amide bonds. The molecule has 2 rings (SSSR count). The molecule has 0 fully saturated rings. The molecule has 2 aromatic rings. The average molecular weight is 185 g/mol. The predicted octanol–water partition coefficient (Wildman–Crippen LogP) is 1.52. The van der Waals surface area contributed by atoms with Gasteiger partial charge in [-0.25, -0.2) is 0 Å². The molecule has 2 N–H and O–H groups in total. The second-order valence-electron chi connectivity index (χ2n) is 3.04. The van der Waals surface area contributed by atoms with Gasteiger partial charge in [0.1, 0.15) is 0 Å². The fourth-order valence-electron chi connectivity index (χ4n) is 1.31. The number of aromatic nitrogens is 2. The van der Waals surface area contributed by atoms with Gasteiger partial charge in [-0.3, -0.25) is 0 Å². The van der Waals surface area contributed by atoms with Crippen LogP contribution in [0.3, 0.4) is 0 Å². The van der Waals surface area contributed by atoms with E-state index in [9.17, 15) is 0 Å². The molecule has 0 unspecified atom stereocenters. The third kappa shape index (κ3) is 1.78. The van der Waals surface area contributed by atoms with Crippen LogP contribution in [0.1, 0.15) is 17.3 Å². The van der Waals surface area contributed by atoms with Crippen molar-refractivity contribution in [1.29, 1.82) is 0 Å². The van der Waals surface area contributed by atoms with Crippen LogP contribution in [0.2, 0.25) is 0 Å². The summed E-state index contributed by atoms with van der Waals surface area (Å²) in [6.07, 6.45) is 1.64. The maximum atomic E-state index is 6.01. The van der Waals surface area contributed by atoms with Crippen molar-refractivity contribution in [3.05, 3.63) is 59.9 Å². The van der Waals surface area contributed by atoms with Crippen LogP contribution >= 0.6 is 0 Å². The highest BCUT2D eigenvalue weighted by atomic mass is 15.1. The Kier molecular flexibility index (Phi) is 2.51. The van der Waals surface area contributed by atoms with E-state index >= 15 is 0 Å². The van der Waals surface area contributed by atoms with Gasteiger partial charge in [0.05, 0.1) is 11.7 Å². The Morgan fingerprint density at radius 2 is 1.79 bits per heavy atom. The lowest BCUT2D eigenvalue weighted by Crippen LogP contribution is -2.13. The molecule has 1 aromatic heterocycles. The standard InChI is InChI=1S/C11H11N3/c12-11(9-5-2-1-3-6-9)10-7-4-8-13-14-10/h1-8,11H,12H2/t11-/m0/s1. The monoisotopic (exact) mass is 185 g/mol. The number of rotatable bonds is 2. The normalized spacial score (nSPS) is 12.4. The molecule has 0 aliphatic heterocycles. The van der Waals surface area contributed by atoms with Gasteiger partial charge >= 0.3 is 0 Å². The Bertz CT molecular complexity index is 346. The molecule has 0 bridgehead atoms. The van der Waals surface area contributed by atoms with E-state index in [1.807, 2.05) is 42.5 Å². The Morgan fingerprint density at radius 3 is 2.43 bits per heavy atom. The van der Waals surface area contributed by atoms with Gasteiger partial charge in [-0.15, -0.1) is 0 Å². The second kappa shape index (κ2) is 3.98. The summed E-state index contributed by atoms with van der Waals surface area (Å²) in [4.78, 5) is 0. The number of hydrogen-bond donors (Lipinski definition) is 1. The molecule has 3 nitrogen and oxygen atoms in total. The van der Waals surface area contributed by atoms with Crippen LogP contribution in [-0.4, -0.2) is 10.2 Å². The highest BCUT2D eigenvalue weighted by Crippen LogP contribution is 2.15. The van der Waals surface area contributed by atoms with E-state index in [1.165, 1.54) is 0 Å². The second-order valence-corrected chi connectivity index (χ2v) is 3.04. The van der Waals surface area contributed by atoms with E-state index in [-0.39, 0.29) is 6.04 Å². The fraction of sp³-hybridized carbons (Fsp3) is 0.0909. The van der Waals surface area contributed by atoms with Crippen molar-refractivity contribution in [3.8, 4) is 0 Å². The zero-order valence-corrected chi connectivity index (χ0v) is 7.67. The SMILES string of the molecule is N[C@@H](c1ccccc1)c1cccnn1. The van der Waals surface area contributed by atoms with Gasteiger partial charge in [0.2, 0.25) is 0 Å². The summed E-state index contributed by atoms with van der Waals surface area (Å²) in [7, 11) is 0. The van der Waals surface area contributed by atoms with Crippen LogP contribution in [-0.2, 0) is 0 Å². The number of benzene rings is 1. The largest absolute Gasteiger partial charge is 0.319 e. The quantitative estimate of drug-likeness (QED) is 0.771. The van der Waals surface area contributed by atoms with E-state index < -0.39 is 0 Å². The van der Waals surface area contributed by atoms with Crippen molar-refractivity contribution in [1.82, 2.24) is 10.2 Å². The van der Waals surface area contributed by atoms with E-state index in [2.05, 4.69) is 10.2 Å². The first-order valence-corrected chi connectivity index (χ1v) is 4.46. The molecule has 1 aromatic carbocycles. The minimum Gasteiger partial charge on any atom is -0.319 e. The zero-order valence-electron chi connectivity index (χ0n) is 7.67.